The third-order valence-corrected chi connectivity index (χ3v) is 5.82. The lowest BCUT2D eigenvalue weighted by molar-refractivity contribution is 0.328. The van der Waals surface area contributed by atoms with Gasteiger partial charge in [-0.3, -0.25) is 0 Å². The molecule has 0 bridgehead atoms. The van der Waals surface area contributed by atoms with E-state index in [4.69, 9.17) is 0 Å². The topological polar surface area (TPSA) is 12.0 Å². The molecular formula is C23H29F2N. The lowest BCUT2D eigenvalue weighted by Gasteiger charge is -2.40. The van der Waals surface area contributed by atoms with Crippen molar-refractivity contribution < 1.29 is 8.78 Å². The molecule has 0 amide bonds. The zero-order valence-corrected chi connectivity index (χ0v) is 16.2. The summed E-state index contributed by atoms with van der Waals surface area (Å²) in [7, 11) is 0. The number of anilines is 1. The van der Waals surface area contributed by atoms with Gasteiger partial charge >= 0.3 is 0 Å². The molecule has 1 heterocycles. The second-order valence-electron chi connectivity index (χ2n) is 7.85. The molecule has 0 saturated heterocycles. The molecule has 3 heteroatoms. The van der Waals surface area contributed by atoms with Gasteiger partial charge in [0.25, 0.3) is 0 Å². The molecule has 0 spiro atoms. The number of fused-ring (bicyclic) bond motifs is 1. The molecule has 1 nitrogen and oxygen atoms in total. The normalized spacial score (nSPS) is 22.2. The zero-order valence-electron chi connectivity index (χ0n) is 16.2. The van der Waals surface area contributed by atoms with E-state index in [2.05, 4.69) is 51.2 Å². The van der Waals surface area contributed by atoms with Crippen molar-refractivity contribution >= 4 is 5.69 Å². The molecule has 1 aliphatic rings. The minimum atomic E-state index is -0.460. The number of rotatable bonds is 5. The van der Waals surface area contributed by atoms with Crippen molar-refractivity contribution in [2.45, 2.75) is 64.8 Å². The van der Waals surface area contributed by atoms with Gasteiger partial charge in [-0.2, -0.15) is 0 Å². The predicted octanol–water partition coefficient (Wildman–Crippen LogP) is 7.16. The summed E-state index contributed by atoms with van der Waals surface area (Å²) < 4.78 is 29.0. The molecule has 0 fully saturated rings. The van der Waals surface area contributed by atoms with E-state index in [-0.39, 0.29) is 23.4 Å². The van der Waals surface area contributed by atoms with Crippen LogP contribution in [0, 0.1) is 17.6 Å². The quantitative estimate of drug-likeness (QED) is 0.598. The molecule has 140 valence electrons. The summed E-state index contributed by atoms with van der Waals surface area (Å²) in [6.45, 7) is 8.74. The van der Waals surface area contributed by atoms with E-state index in [1.807, 2.05) is 0 Å². The highest BCUT2D eigenvalue weighted by Crippen LogP contribution is 2.48. The van der Waals surface area contributed by atoms with Crippen LogP contribution in [0.1, 0.15) is 81.5 Å². The molecule has 3 atom stereocenters. The standard InChI is InChI=1S/C23H29F2N/c1-5-6-8-17-15(4)18-13-16(14(2)3)11-12-21(18)26-23(17)22-19(24)9-7-10-20(22)25/h7,9-15,17,23,26H,5-6,8H2,1-4H3/t15-,17+,23+/m0/s1. The molecule has 0 saturated carbocycles. The molecule has 0 aliphatic carbocycles. The highest BCUT2D eigenvalue weighted by molar-refractivity contribution is 5.59. The van der Waals surface area contributed by atoms with Gasteiger partial charge in [0.1, 0.15) is 11.6 Å². The summed E-state index contributed by atoms with van der Waals surface area (Å²) in [5.74, 6) is -0.0445. The fraction of sp³-hybridized carbons (Fsp3) is 0.478. The average Bonchev–Trinajstić information content (AvgIpc) is 2.61. The Labute approximate surface area is 155 Å². The second kappa shape index (κ2) is 7.77. The van der Waals surface area contributed by atoms with Gasteiger partial charge in [0.15, 0.2) is 0 Å². The van der Waals surface area contributed by atoms with Crippen LogP contribution in [0.15, 0.2) is 36.4 Å². The summed E-state index contributed by atoms with van der Waals surface area (Å²) in [5.41, 5.74) is 3.76. The Balaban J connectivity index is 2.07. The van der Waals surface area contributed by atoms with Crippen LogP contribution in [0.3, 0.4) is 0 Å². The Morgan fingerprint density at radius 2 is 1.77 bits per heavy atom. The minimum absolute atomic E-state index is 0.163. The van der Waals surface area contributed by atoms with Gasteiger partial charge in [-0.1, -0.05) is 58.7 Å². The molecule has 2 aromatic rings. The Kier molecular flexibility index (Phi) is 5.64. The third-order valence-electron chi connectivity index (χ3n) is 5.82. The molecule has 0 radical (unpaired) electrons. The fourth-order valence-corrected chi connectivity index (χ4v) is 4.19. The summed E-state index contributed by atoms with van der Waals surface area (Å²) in [4.78, 5) is 0. The highest BCUT2D eigenvalue weighted by Gasteiger charge is 2.37. The van der Waals surface area contributed by atoms with Crippen molar-refractivity contribution in [2.75, 3.05) is 5.32 Å². The summed E-state index contributed by atoms with van der Waals surface area (Å²) in [6, 6.07) is 10.3. The molecule has 1 aliphatic heterocycles. The van der Waals surface area contributed by atoms with Gasteiger partial charge in [-0.15, -0.1) is 0 Å². The predicted molar refractivity (Wildman–Crippen MR) is 105 cm³/mol. The Bertz CT molecular complexity index is 749. The maximum atomic E-state index is 14.5. The number of nitrogens with one attached hydrogen (secondary N) is 1. The average molecular weight is 357 g/mol. The molecule has 0 aromatic heterocycles. The third kappa shape index (κ3) is 3.49. The van der Waals surface area contributed by atoms with Gasteiger partial charge in [-0.05, 0) is 53.5 Å². The van der Waals surface area contributed by atoms with Gasteiger partial charge in [-0.25, -0.2) is 8.78 Å². The van der Waals surface area contributed by atoms with Gasteiger partial charge in [0, 0.05) is 11.3 Å². The van der Waals surface area contributed by atoms with Crippen molar-refractivity contribution in [3.63, 3.8) is 0 Å². The number of benzene rings is 2. The molecular weight excluding hydrogens is 328 g/mol. The van der Waals surface area contributed by atoms with E-state index in [9.17, 15) is 8.78 Å². The number of unbranched alkanes of at least 4 members (excludes halogenated alkanes) is 1. The molecule has 0 unspecified atom stereocenters. The van der Waals surface area contributed by atoms with Gasteiger partial charge in [0.2, 0.25) is 0 Å². The second-order valence-corrected chi connectivity index (χ2v) is 7.85. The molecule has 2 aromatic carbocycles. The monoisotopic (exact) mass is 357 g/mol. The van der Waals surface area contributed by atoms with Gasteiger partial charge in [0.05, 0.1) is 6.04 Å². The van der Waals surface area contributed by atoms with Crippen LogP contribution in [-0.2, 0) is 0 Å². The van der Waals surface area contributed by atoms with Crippen molar-refractivity contribution in [1.82, 2.24) is 0 Å². The van der Waals surface area contributed by atoms with Crippen LogP contribution in [0.4, 0.5) is 14.5 Å². The Morgan fingerprint density at radius 1 is 1.08 bits per heavy atom. The van der Waals surface area contributed by atoms with Crippen LogP contribution >= 0.6 is 0 Å². The van der Waals surface area contributed by atoms with Crippen LogP contribution in [0.5, 0.6) is 0 Å². The van der Waals surface area contributed by atoms with Crippen molar-refractivity contribution in [3.8, 4) is 0 Å². The Hall–Kier alpha value is -1.90. The van der Waals surface area contributed by atoms with Crippen molar-refractivity contribution in [3.05, 3.63) is 64.7 Å². The SMILES string of the molecule is CCCC[C@@H]1[C@H](C)c2cc(C(C)C)ccc2N[C@H]1c1c(F)cccc1F. The van der Waals surface area contributed by atoms with Crippen LogP contribution in [0.2, 0.25) is 0 Å². The maximum Gasteiger partial charge on any atom is 0.131 e. The first-order chi connectivity index (χ1) is 12.4. The van der Waals surface area contributed by atoms with E-state index in [1.54, 1.807) is 0 Å². The van der Waals surface area contributed by atoms with Crippen molar-refractivity contribution in [1.29, 1.82) is 0 Å². The lowest BCUT2D eigenvalue weighted by atomic mass is 9.73. The first kappa shape index (κ1) is 18.9. The van der Waals surface area contributed by atoms with Crippen LogP contribution in [0.25, 0.3) is 0 Å². The first-order valence-electron chi connectivity index (χ1n) is 9.78. The summed E-state index contributed by atoms with van der Waals surface area (Å²) in [6.07, 6.45) is 3.09. The number of halogens is 2. The minimum Gasteiger partial charge on any atom is -0.377 e. The summed E-state index contributed by atoms with van der Waals surface area (Å²) >= 11 is 0. The van der Waals surface area contributed by atoms with E-state index >= 15 is 0 Å². The number of hydrogen-bond donors (Lipinski definition) is 1. The largest absolute Gasteiger partial charge is 0.377 e. The molecule has 1 N–H and O–H groups in total. The van der Waals surface area contributed by atoms with E-state index in [0.29, 0.717) is 5.92 Å². The summed E-state index contributed by atoms with van der Waals surface area (Å²) in [5, 5.41) is 3.47. The van der Waals surface area contributed by atoms with E-state index in [0.717, 1.165) is 24.9 Å². The molecule has 26 heavy (non-hydrogen) atoms. The van der Waals surface area contributed by atoms with E-state index in [1.165, 1.54) is 29.3 Å². The van der Waals surface area contributed by atoms with Crippen molar-refractivity contribution in [2.24, 2.45) is 5.92 Å². The maximum absolute atomic E-state index is 14.5. The van der Waals surface area contributed by atoms with Crippen LogP contribution in [-0.4, -0.2) is 0 Å². The highest BCUT2D eigenvalue weighted by atomic mass is 19.1. The zero-order chi connectivity index (χ0) is 18.8. The smallest absolute Gasteiger partial charge is 0.131 e. The van der Waals surface area contributed by atoms with Crippen LogP contribution < -0.4 is 5.32 Å². The number of hydrogen-bond acceptors (Lipinski definition) is 1. The van der Waals surface area contributed by atoms with Gasteiger partial charge < -0.3 is 5.32 Å². The fourth-order valence-electron chi connectivity index (χ4n) is 4.19. The lowest BCUT2D eigenvalue weighted by Crippen LogP contribution is -2.32. The van der Waals surface area contributed by atoms with E-state index < -0.39 is 11.6 Å². The Morgan fingerprint density at radius 3 is 2.38 bits per heavy atom. The molecule has 3 rings (SSSR count). The first-order valence-corrected chi connectivity index (χ1v) is 9.78.